The molecule has 23 heavy (non-hydrogen) atoms. The van der Waals surface area contributed by atoms with Crippen molar-refractivity contribution >= 4 is 23.5 Å². The highest BCUT2D eigenvalue weighted by Crippen LogP contribution is 2.19. The van der Waals surface area contributed by atoms with Crippen LogP contribution in [-0.4, -0.2) is 36.7 Å². The van der Waals surface area contributed by atoms with Gasteiger partial charge in [-0.25, -0.2) is 4.79 Å². The number of furan rings is 1. The van der Waals surface area contributed by atoms with Gasteiger partial charge in [0, 0.05) is 5.56 Å². The molecule has 0 aliphatic carbocycles. The molecule has 2 N–H and O–H groups in total. The highest BCUT2D eigenvalue weighted by atomic mass is 35.5. The maximum absolute atomic E-state index is 12.3. The Labute approximate surface area is 138 Å². The molecule has 1 aromatic carbocycles. The van der Waals surface area contributed by atoms with E-state index < -0.39 is 17.9 Å². The van der Waals surface area contributed by atoms with Crippen molar-refractivity contribution in [3.8, 4) is 0 Å². The zero-order valence-electron chi connectivity index (χ0n) is 12.4. The van der Waals surface area contributed by atoms with Gasteiger partial charge < -0.3 is 19.6 Å². The Hall–Kier alpha value is -2.31. The molecule has 1 unspecified atom stereocenters. The van der Waals surface area contributed by atoms with E-state index in [9.17, 15) is 14.7 Å². The van der Waals surface area contributed by atoms with Crippen LogP contribution in [0.4, 0.5) is 0 Å². The molecule has 0 aliphatic heterocycles. The van der Waals surface area contributed by atoms with Crippen LogP contribution in [0.3, 0.4) is 0 Å². The number of nitrogens with one attached hydrogen (secondary N) is 1. The summed E-state index contributed by atoms with van der Waals surface area (Å²) in [5, 5.41) is 12.3. The predicted molar refractivity (Wildman–Crippen MR) is 83.5 cm³/mol. The molecular weight excluding hydrogens is 322 g/mol. The van der Waals surface area contributed by atoms with Gasteiger partial charge in [0.1, 0.15) is 0 Å². The first-order valence-electron chi connectivity index (χ1n) is 6.85. The number of esters is 1. The molecule has 1 aromatic heterocycles. The van der Waals surface area contributed by atoms with E-state index >= 15 is 0 Å². The molecule has 0 radical (unpaired) electrons. The number of aliphatic hydroxyl groups is 1. The third-order valence-corrected chi connectivity index (χ3v) is 3.58. The fourth-order valence-corrected chi connectivity index (χ4v) is 2.25. The number of ether oxygens (including phenoxy) is 1. The lowest BCUT2D eigenvalue weighted by atomic mass is 10.1. The molecule has 0 spiro atoms. The number of amides is 1. The largest absolute Gasteiger partial charge is 0.472 e. The molecule has 0 saturated carbocycles. The van der Waals surface area contributed by atoms with Gasteiger partial charge in [0.15, 0.2) is 0 Å². The summed E-state index contributed by atoms with van der Waals surface area (Å²) in [4.78, 5) is 23.9. The molecular formula is C16H16ClNO5. The number of aliphatic hydroxyl groups excluding tert-OH is 1. The Kier molecular flexibility index (Phi) is 5.78. The van der Waals surface area contributed by atoms with Crippen LogP contribution in [0, 0.1) is 0 Å². The van der Waals surface area contributed by atoms with E-state index in [-0.39, 0.29) is 22.8 Å². The van der Waals surface area contributed by atoms with E-state index in [2.05, 4.69) is 10.1 Å². The molecule has 1 amide bonds. The average molecular weight is 338 g/mol. The van der Waals surface area contributed by atoms with E-state index in [1.54, 1.807) is 12.3 Å². The monoisotopic (exact) mass is 337 g/mol. The van der Waals surface area contributed by atoms with Crippen LogP contribution in [0.1, 0.15) is 26.3 Å². The molecule has 2 aromatic rings. The molecule has 0 fully saturated rings. The van der Waals surface area contributed by atoms with E-state index in [1.807, 2.05) is 0 Å². The molecule has 7 heteroatoms. The van der Waals surface area contributed by atoms with E-state index in [0.29, 0.717) is 6.42 Å². The molecule has 0 bridgehead atoms. The van der Waals surface area contributed by atoms with Crippen molar-refractivity contribution in [3.05, 3.63) is 58.5 Å². The van der Waals surface area contributed by atoms with Gasteiger partial charge in [0.25, 0.3) is 5.91 Å². The maximum atomic E-state index is 12.3. The Morgan fingerprint density at radius 3 is 2.78 bits per heavy atom. The highest BCUT2D eigenvalue weighted by Gasteiger charge is 2.17. The number of halogens is 1. The third-order valence-electron chi connectivity index (χ3n) is 3.25. The summed E-state index contributed by atoms with van der Waals surface area (Å²) in [6, 6.07) is 5.59. The number of methoxy groups -OCH3 is 1. The first-order valence-corrected chi connectivity index (χ1v) is 7.23. The first-order chi connectivity index (χ1) is 11.0. The second-order valence-corrected chi connectivity index (χ2v) is 5.28. The second-order valence-electron chi connectivity index (χ2n) is 4.87. The summed E-state index contributed by atoms with van der Waals surface area (Å²) in [6.07, 6.45) is 3.50. The van der Waals surface area contributed by atoms with Crippen LogP contribution in [0.5, 0.6) is 0 Å². The Balaban J connectivity index is 2.11. The molecule has 0 aliphatic rings. The summed E-state index contributed by atoms with van der Waals surface area (Å²) >= 11 is 5.92. The normalized spacial score (nSPS) is 11.8. The number of hydrogen-bond acceptors (Lipinski definition) is 5. The minimum absolute atomic E-state index is 0.109. The van der Waals surface area contributed by atoms with Gasteiger partial charge in [-0.1, -0.05) is 11.6 Å². The maximum Gasteiger partial charge on any atom is 0.339 e. The van der Waals surface area contributed by atoms with Crippen molar-refractivity contribution in [1.29, 1.82) is 0 Å². The van der Waals surface area contributed by atoms with Gasteiger partial charge >= 0.3 is 5.97 Å². The number of hydrogen-bond donors (Lipinski definition) is 2. The number of carbonyl (C=O) groups excluding carboxylic acids is 2. The Morgan fingerprint density at radius 1 is 1.39 bits per heavy atom. The molecule has 1 atom stereocenters. The van der Waals surface area contributed by atoms with Crippen molar-refractivity contribution in [1.82, 2.24) is 5.32 Å². The van der Waals surface area contributed by atoms with Gasteiger partial charge in [-0.3, -0.25) is 4.79 Å². The van der Waals surface area contributed by atoms with Crippen molar-refractivity contribution in [2.75, 3.05) is 13.7 Å². The van der Waals surface area contributed by atoms with Crippen molar-refractivity contribution in [2.45, 2.75) is 12.5 Å². The van der Waals surface area contributed by atoms with E-state index in [0.717, 1.165) is 5.56 Å². The zero-order chi connectivity index (χ0) is 16.8. The van der Waals surface area contributed by atoms with Crippen molar-refractivity contribution < 1.29 is 23.8 Å². The second kappa shape index (κ2) is 7.80. The fraction of sp³-hybridized carbons (Fsp3) is 0.250. The van der Waals surface area contributed by atoms with Crippen molar-refractivity contribution in [2.24, 2.45) is 0 Å². The van der Waals surface area contributed by atoms with Gasteiger partial charge in [0.2, 0.25) is 0 Å². The number of rotatable bonds is 6. The van der Waals surface area contributed by atoms with Crippen molar-refractivity contribution in [3.63, 3.8) is 0 Å². The van der Waals surface area contributed by atoms with Crippen LogP contribution in [0.15, 0.2) is 41.2 Å². The van der Waals surface area contributed by atoms with Gasteiger partial charge in [-0.15, -0.1) is 0 Å². The fourth-order valence-electron chi connectivity index (χ4n) is 2.06. The van der Waals surface area contributed by atoms with E-state index in [1.165, 1.54) is 31.6 Å². The van der Waals surface area contributed by atoms with Gasteiger partial charge in [-0.2, -0.15) is 0 Å². The lowest BCUT2D eigenvalue weighted by Crippen LogP contribution is -2.39. The summed E-state index contributed by atoms with van der Waals surface area (Å²) in [7, 11) is 1.23. The lowest BCUT2D eigenvalue weighted by molar-refractivity contribution is 0.0601. The van der Waals surface area contributed by atoms with Crippen LogP contribution in [-0.2, 0) is 11.2 Å². The van der Waals surface area contributed by atoms with Gasteiger partial charge in [-0.05, 0) is 36.2 Å². The summed E-state index contributed by atoms with van der Waals surface area (Å²) in [6.45, 7) is -0.228. The minimum atomic E-state index is -0.623. The quantitative estimate of drug-likeness (QED) is 0.788. The minimum Gasteiger partial charge on any atom is -0.472 e. The van der Waals surface area contributed by atoms with Crippen LogP contribution >= 0.6 is 11.6 Å². The topological polar surface area (TPSA) is 88.8 Å². The SMILES string of the molecule is COC(=O)c1cc(C(=O)NC(CO)Cc2ccoc2)ccc1Cl. The van der Waals surface area contributed by atoms with Gasteiger partial charge in [0.05, 0.1) is 42.9 Å². The lowest BCUT2D eigenvalue weighted by Gasteiger charge is -2.16. The van der Waals surface area contributed by atoms with Crippen LogP contribution in [0.25, 0.3) is 0 Å². The summed E-state index contributed by atoms with van der Waals surface area (Å²) in [5.74, 6) is -1.05. The van der Waals surface area contributed by atoms with Crippen LogP contribution in [0.2, 0.25) is 5.02 Å². The Bertz CT molecular complexity index is 684. The smallest absolute Gasteiger partial charge is 0.339 e. The summed E-state index contributed by atoms with van der Waals surface area (Å²) in [5.41, 5.74) is 1.22. The highest BCUT2D eigenvalue weighted by molar-refractivity contribution is 6.33. The molecule has 1 heterocycles. The number of carbonyl (C=O) groups is 2. The summed E-state index contributed by atoms with van der Waals surface area (Å²) < 4.78 is 9.58. The standard InChI is InChI=1S/C16H16ClNO5/c1-22-16(21)13-7-11(2-3-14(13)17)15(20)18-12(8-19)6-10-4-5-23-9-10/h2-5,7,9,12,19H,6,8H2,1H3,(H,18,20). The number of benzene rings is 1. The predicted octanol–water partition coefficient (Wildman–Crippen LogP) is 2.05. The third kappa shape index (κ3) is 4.34. The molecule has 0 saturated heterocycles. The zero-order valence-corrected chi connectivity index (χ0v) is 13.2. The molecule has 6 nitrogen and oxygen atoms in total. The van der Waals surface area contributed by atoms with E-state index in [4.69, 9.17) is 16.0 Å². The average Bonchev–Trinajstić information content (AvgIpc) is 3.06. The molecule has 2 rings (SSSR count). The molecule has 122 valence electrons. The first kappa shape index (κ1) is 17.1. The van der Waals surface area contributed by atoms with Crippen LogP contribution < -0.4 is 5.32 Å². The Morgan fingerprint density at radius 2 is 2.17 bits per heavy atom.